The molecular weight excluding hydrogens is 309 g/mol. The van der Waals surface area contributed by atoms with Gasteiger partial charge in [0.05, 0.1) is 27.5 Å². The lowest BCUT2D eigenvalue weighted by molar-refractivity contribution is 0.563. The molecule has 0 spiro atoms. The Morgan fingerprint density at radius 1 is 1.19 bits per heavy atom. The molecule has 3 aromatic rings. The highest BCUT2D eigenvalue weighted by atomic mass is 35.5. The zero-order valence-electron chi connectivity index (χ0n) is 12.0. The van der Waals surface area contributed by atoms with E-state index in [0.717, 1.165) is 22.7 Å². The van der Waals surface area contributed by atoms with E-state index < -0.39 is 0 Å². The van der Waals surface area contributed by atoms with E-state index in [9.17, 15) is 0 Å². The normalized spacial score (nSPS) is 14.5. The number of rotatable bonds is 3. The van der Waals surface area contributed by atoms with E-state index in [1.165, 1.54) is 0 Å². The Labute approximate surface area is 132 Å². The zero-order chi connectivity index (χ0) is 15.1. The molecule has 2 unspecified atom stereocenters. The molecule has 2 heterocycles. The van der Waals surface area contributed by atoms with Crippen molar-refractivity contribution in [2.24, 2.45) is 7.05 Å². The van der Waals surface area contributed by atoms with Gasteiger partial charge in [-0.15, -0.1) is 21.8 Å². The Hall–Kier alpha value is -1.59. The van der Waals surface area contributed by atoms with Gasteiger partial charge in [0, 0.05) is 7.05 Å². The summed E-state index contributed by atoms with van der Waals surface area (Å²) in [5.41, 5.74) is 1.70. The molecule has 2 atom stereocenters. The third-order valence-corrected chi connectivity index (χ3v) is 4.05. The lowest BCUT2D eigenvalue weighted by atomic mass is 10.2. The number of imidazole rings is 1. The van der Waals surface area contributed by atoms with Crippen LogP contribution >= 0.6 is 23.2 Å². The van der Waals surface area contributed by atoms with Gasteiger partial charge in [-0.2, -0.15) is 0 Å². The highest BCUT2D eigenvalue weighted by Gasteiger charge is 2.24. The summed E-state index contributed by atoms with van der Waals surface area (Å²) in [4.78, 5) is 4.62. The average molecular weight is 324 g/mol. The van der Waals surface area contributed by atoms with E-state index in [1.54, 1.807) is 6.33 Å². The van der Waals surface area contributed by atoms with Crippen LogP contribution in [0, 0.1) is 0 Å². The van der Waals surface area contributed by atoms with Gasteiger partial charge in [0.1, 0.15) is 12.2 Å². The standard InChI is InChI=1S/C14H15Cl2N5/c1-8(15)13-18-11-6-4-5-10(16)12(11)21(13)9(2)14-19-17-7-20(14)3/h4-9H,1-3H3. The lowest BCUT2D eigenvalue weighted by Crippen LogP contribution is -2.15. The minimum Gasteiger partial charge on any atom is -0.319 e. The van der Waals surface area contributed by atoms with Crippen LogP contribution in [-0.4, -0.2) is 24.3 Å². The van der Waals surface area contributed by atoms with Crippen molar-refractivity contribution in [1.82, 2.24) is 24.3 Å². The molecule has 1 aromatic carbocycles. The molecule has 3 rings (SSSR count). The first kappa shape index (κ1) is 14.4. The second-order valence-electron chi connectivity index (χ2n) is 5.04. The molecule has 0 saturated carbocycles. The van der Waals surface area contributed by atoms with Gasteiger partial charge in [-0.25, -0.2) is 4.98 Å². The quantitative estimate of drug-likeness (QED) is 0.690. The van der Waals surface area contributed by atoms with Gasteiger partial charge in [0.2, 0.25) is 0 Å². The first-order valence-electron chi connectivity index (χ1n) is 6.65. The molecule has 2 aromatic heterocycles. The minimum absolute atomic E-state index is 0.0707. The number of alkyl halides is 1. The van der Waals surface area contributed by atoms with Crippen LogP contribution in [0.4, 0.5) is 0 Å². The summed E-state index contributed by atoms with van der Waals surface area (Å²) >= 11 is 12.7. The number of fused-ring (bicyclic) bond motifs is 1. The van der Waals surface area contributed by atoms with Crippen molar-refractivity contribution in [3.8, 4) is 0 Å². The first-order valence-corrected chi connectivity index (χ1v) is 7.46. The van der Waals surface area contributed by atoms with Crippen LogP contribution in [0.15, 0.2) is 24.5 Å². The molecule has 110 valence electrons. The van der Waals surface area contributed by atoms with Crippen LogP contribution in [0.3, 0.4) is 0 Å². The number of aryl methyl sites for hydroxylation is 1. The monoisotopic (exact) mass is 323 g/mol. The maximum absolute atomic E-state index is 6.38. The third-order valence-electron chi connectivity index (χ3n) is 3.55. The zero-order valence-corrected chi connectivity index (χ0v) is 13.5. The molecule has 7 heteroatoms. The lowest BCUT2D eigenvalue weighted by Gasteiger charge is -2.18. The molecule has 21 heavy (non-hydrogen) atoms. The van der Waals surface area contributed by atoms with Crippen LogP contribution in [0.1, 0.15) is 36.9 Å². The average Bonchev–Trinajstić information content (AvgIpc) is 3.02. The molecule has 0 fully saturated rings. The Morgan fingerprint density at radius 2 is 1.95 bits per heavy atom. The Kier molecular flexibility index (Phi) is 3.63. The van der Waals surface area contributed by atoms with Crippen LogP contribution in [-0.2, 0) is 7.05 Å². The Balaban J connectivity index is 2.29. The fraction of sp³-hybridized carbons (Fsp3) is 0.357. The largest absolute Gasteiger partial charge is 0.319 e. The molecule has 5 nitrogen and oxygen atoms in total. The van der Waals surface area contributed by atoms with Crippen LogP contribution in [0.25, 0.3) is 11.0 Å². The van der Waals surface area contributed by atoms with E-state index in [0.29, 0.717) is 5.02 Å². The number of benzene rings is 1. The molecule has 0 aliphatic rings. The maximum atomic E-state index is 6.38. The highest BCUT2D eigenvalue weighted by Crippen LogP contribution is 2.33. The summed E-state index contributed by atoms with van der Waals surface area (Å²) in [5.74, 6) is 1.60. The van der Waals surface area contributed by atoms with E-state index in [-0.39, 0.29) is 11.4 Å². The van der Waals surface area contributed by atoms with Crippen molar-refractivity contribution in [3.63, 3.8) is 0 Å². The molecule has 0 radical (unpaired) electrons. The van der Waals surface area contributed by atoms with Gasteiger partial charge in [-0.1, -0.05) is 17.7 Å². The molecular formula is C14H15Cl2N5. The number of para-hydroxylation sites is 1. The van der Waals surface area contributed by atoms with Gasteiger partial charge in [-0.05, 0) is 26.0 Å². The van der Waals surface area contributed by atoms with E-state index in [4.69, 9.17) is 23.2 Å². The molecule has 0 N–H and O–H groups in total. The summed E-state index contributed by atoms with van der Waals surface area (Å²) in [7, 11) is 1.91. The first-order chi connectivity index (χ1) is 10.0. The predicted octanol–water partition coefficient (Wildman–Crippen LogP) is 3.73. The summed E-state index contributed by atoms with van der Waals surface area (Å²) in [5, 5.41) is 8.55. The third kappa shape index (κ3) is 2.30. The van der Waals surface area contributed by atoms with Gasteiger partial charge in [-0.3, -0.25) is 0 Å². The SMILES string of the molecule is CC(Cl)c1nc2cccc(Cl)c2n1C(C)c1nncn1C. The topological polar surface area (TPSA) is 48.5 Å². The van der Waals surface area contributed by atoms with Crippen molar-refractivity contribution >= 4 is 34.2 Å². The van der Waals surface area contributed by atoms with Gasteiger partial charge < -0.3 is 9.13 Å². The minimum atomic E-state index is -0.232. The van der Waals surface area contributed by atoms with E-state index in [1.807, 2.05) is 48.2 Å². The van der Waals surface area contributed by atoms with Crippen LogP contribution in [0.2, 0.25) is 5.02 Å². The van der Waals surface area contributed by atoms with Crippen molar-refractivity contribution < 1.29 is 0 Å². The van der Waals surface area contributed by atoms with Crippen LogP contribution < -0.4 is 0 Å². The maximum Gasteiger partial charge on any atom is 0.155 e. The summed E-state index contributed by atoms with van der Waals surface area (Å²) in [6.45, 7) is 3.94. The predicted molar refractivity (Wildman–Crippen MR) is 83.8 cm³/mol. The number of halogens is 2. The number of hydrogen-bond acceptors (Lipinski definition) is 3. The number of aromatic nitrogens is 5. The van der Waals surface area contributed by atoms with Crippen LogP contribution in [0.5, 0.6) is 0 Å². The molecule has 0 aliphatic carbocycles. The molecule has 0 bridgehead atoms. The fourth-order valence-corrected chi connectivity index (χ4v) is 3.00. The van der Waals surface area contributed by atoms with Crippen molar-refractivity contribution in [2.45, 2.75) is 25.3 Å². The Morgan fingerprint density at radius 3 is 2.57 bits per heavy atom. The van der Waals surface area contributed by atoms with Gasteiger partial charge >= 0.3 is 0 Å². The second kappa shape index (κ2) is 5.31. The van der Waals surface area contributed by atoms with Crippen molar-refractivity contribution in [2.75, 3.05) is 0 Å². The summed E-state index contributed by atoms with van der Waals surface area (Å²) < 4.78 is 3.93. The second-order valence-corrected chi connectivity index (χ2v) is 6.10. The molecule has 0 saturated heterocycles. The van der Waals surface area contributed by atoms with Crippen molar-refractivity contribution in [3.05, 3.63) is 41.2 Å². The summed E-state index contributed by atoms with van der Waals surface area (Å²) in [6, 6.07) is 5.61. The van der Waals surface area contributed by atoms with Gasteiger partial charge in [0.25, 0.3) is 0 Å². The van der Waals surface area contributed by atoms with Crippen molar-refractivity contribution in [1.29, 1.82) is 0 Å². The summed E-state index contributed by atoms with van der Waals surface area (Å²) in [6.07, 6.45) is 1.68. The highest BCUT2D eigenvalue weighted by molar-refractivity contribution is 6.35. The number of hydrogen-bond donors (Lipinski definition) is 0. The van der Waals surface area contributed by atoms with E-state index >= 15 is 0 Å². The van der Waals surface area contributed by atoms with Gasteiger partial charge in [0.15, 0.2) is 5.82 Å². The Bertz CT molecular complexity index is 790. The fourth-order valence-electron chi connectivity index (χ4n) is 2.58. The molecule has 0 aliphatic heterocycles. The molecule has 0 amide bonds. The smallest absolute Gasteiger partial charge is 0.155 e. The van der Waals surface area contributed by atoms with E-state index in [2.05, 4.69) is 15.2 Å². The number of nitrogens with zero attached hydrogens (tertiary/aromatic N) is 5.